The van der Waals surface area contributed by atoms with Gasteiger partial charge in [-0.15, -0.1) is 5.10 Å². The number of fused-ring (bicyclic) bond motifs is 1. The first kappa shape index (κ1) is 26.7. The van der Waals surface area contributed by atoms with Gasteiger partial charge in [-0.3, -0.25) is 14.5 Å². The molecule has 1 atom stereocenters. The Labute approximate surface area is 221 Å². The lowest BCUT2D eigenvalue weighted by molar-refractivity contribution is -0.128. The van der Waals surface area contributed by atoms with Crippen molar-refractivity contribution in [2.75, 3.05) is 19.1 Å². The Hall–Kier alpha value is -4.34. The van der Waals surface area contributed by atoms with Gasteiger partial charge >= 0.3 is 0 Å². The molecular formula is C28H33N5O5. The van der Waals surface area contributed by atoms with Crippen molar-refractivity contribution in [3.05, 3.63) is 66.1 Å². The predicted octanol–water partition coefficient (Wildman–Crippen LogP) is 4.43. The molecule has 0 saturated heterocycles. The predicted molar refractivity (Wildman–Crippen MR) is 143 cm³/mol. The Morgan fingerprint density at radius 3 is 2.47 bits per heavy atom. The number of furan rings is 1. The van der Waals surface area contributed by atoms with E-state index in [1.807, 2.05) is 45.0 Å². The number of ether oxygens (including phenoxy) is 2. The zero-order chi connectivity index (χ0) is 27.4. The van der Waals surface area contributed by atoms with Crippen molar-refractivity contribution in [3.63, 3.8) is 0 Å². The Morgan fingerprint density at radius 1 is 1.08 bits per heavy atom. The molecule has 0 aliphatic rings. The van der Waals surface area contributed by atoms with E-state index in [9.17, 15) is 9.59 Å². The second-order valence-electron chi connectivity index (χ2n) is 9.62. The summed E-state index contributed by atoms with van der Waals surface area (Å²) in [6.45, 7) is 7.48. The number of nitrogens with zero attached hydrogens (tertiary/aromatic N) is 4. The molecule has 2 amide bonds. The normalized spacial score (nSPS) is 12.3. The molecule has 0 aliphatic carbocycles. The SMILES string of the molecule is CCC(C)(C)NC(=O)[C@H](c1ccc(C)o1)N(C(=O)Cn1nnc2ccccc21)c1ccc(OC)c(OC)c1. The Kier molecular flexibility index (Phi) is 7.70. The van der Waals surface area contributed by atoms with Gasteiger partial charge in [-0.2, -0.15) is 0 Å². The van der Waals surface area contributed by atoms with E-state index in [-0.39, 0.29) is 12.5 Å². The van der Waals surface area contributed by atoms with Crippen LogP contribution in [0.5, 0.6) is 11.5 Å². The molecule has 0 aliphatic heterocycles. The third-order valence-corrected chi connectivity index (χ3v) is 6.50. The number of methoxy groups -OCH3 is 2. The highest BCUT2D eigenvalue weighted by Gasteiger charge is 2.37. The van der Waals surface area contributed by atoms with Gasteiger partial charge in [-0.25, -0.2) is 4.68 Å². The fourth-order valence-corrected chi connectivity index (χ4v) is 4.11. The highest BCUT2D eigenvalue weighted by Crippen LogP contribution is 2.36. The van der Waals surface area contributed by atoms with Gasteiger partial charge in [0.15, 0.2) is 17.5 Å². The molecule has 2 aromatic heterocycles. The maximum absolute atomic E-state index is 14.1. The van der Waals surface area contributed by atoms with E-state index in [0.29, 0.717) is 46.2 Å². The lowest BCUT2D eigenvalue weighted by Gasteiger charge is -2.33. The van der Waals surface area contributed by atoms with Crippen LogP contribution in [0.3, 0.4) is 0 Å². The van der Waals surface area contributed by atoms with Gasteiger partial charge in [0.25, 0.3) is 5.91 Å². The number of para-hydroxylation sites is 1. The van der Waals surface area contributed by atoms with E-state index >= 15 is 0 Å². The molecule has 0 spiro atoms. The van der Waals surface area contributed by atoms with Gasteiger partial charge in [0, 0.05) is 17.3 Å². The number of hydrogen-bond donors (Lipinski definition) is 1. The van der Waals surface area contributed by atoms with Crippen molar-refractivity contribution in [1.29, 1.82) is 0 Å². The highest BCUT2D eigenvalue weighted by atomic mass is 16.5. The number of aromatic nitrogens is 3. The Balaban J connectivity index is 1.85. The Bertz CT molecular complexity index is 1440. The fourth-order valence-electron chi connectivity index (χ4n) is 4.11. The van der Waals surface area contributed by atoms with E-state index in [4.69, 9.17) is 13.9 Å². The topological polar surface area (TPSA) is 112 Å². The molecule has 10 nitrogen and oxygen atoms in total. The van der Waals surface area contributed by atoms with Crippen LogP contribution in [-0.4, -0.2) is 46.6 Å². The molecule has 0 saturated carbocycles. The van der Waals surface area contributed by atoms with E-state index in [1.165, 1.54) is 23.8 Å². The van der Waals surface area contributed by atoms with Crippen LogP contribution in [0.1, 0.15) is 44.8 Å². The number of carbonyl (C=O) groups is 2. The monoisotopic (exact) mass is 519 g/mol. The first-order valence-corrected chi connectivity index (χ1v) is 12.4. The molecule has 1 N–H and O–H groups in total. The van der Waals surface area contributed by atoms with Crippen molar-refractivity contribution in [2.24, 2.45) is 0 Å². The van der Waals surface area contributed by atoms with Crippen LogP contribution in [0.15, 0.2) is 59.0 Å². The van der Waals surface area contributed by atoms with Crippen LogP contribution < -0.4 is 19.7 Å². The average Bonchev–Trinajstić information content (AvgIpc) is 3.52. The van der Waals surface area contributed by atoms with Crippen molar-refractivity contribution in [2.45, 2.75) is 52.2 Å². The number of anilines is 1. The van der Waals surface area contributed by atoms with Crippen LogP contribution in [-0.2, 0) is 16.1 Å². The molecule has 0 unspecified atom stereocenters. The number of nitrogens with one attached hydrogen (secondary N) is 1. The second kappa shape index (κ2) is 11.0. The van der Waals surface area contributed by atoms with Crippen molar-refractivity contribution < 1.29 is 23.5 Å². The third-order valence-electron chi connectivity index (χ3n) is 6.50. The van der Waals surface area contributed by atoms with E-state index in [1.54, 1.807) is 37.3 Å². The van der Waals surface area contributed by atoms with Gasteiger partial charge in [0.2, 0.25) is 5.91 Å². The molecule has 2 aromatic carbocycles. The number of rotatable bonds is 10. The number of aryl methyl sites for hydroxylation is 1. The molecule has 200 valence electrons. The largest absolute Gasteiger partial charge is 0.493 e. The summed E-state index contributed by atoms with van der Waals surface area (Å²) in [6, 6.07) is 14.8. The van der Waals surface area contributed by atoms with Crippen molar-refractivity contribution in [3.8, 4) is 11.5 Å². The minimum atomic E-state index is -1.10. The third kappa shape index (κ3) is 5.49. The lowest BCUT2D eigenvalue weighted by atomic mass is 10.0. The molecule has 10 heteroatoms. The number of hydrogen-bond acceptors (Lipinski definition) is 7. The van der Waals surface area contributed by atoms with Crippen LogP contribution >= 0.6 is 0 Å². The van der Waals surface area contributed by atoms with Crippen LogP contribution in [0.4, 0.5) is 5.69 Å². The van der Waals surface area contributed by atoms with Gasteiger partial charge in [-0.05, 0) is 63.6 Å². The van der Waals surface area contributed by atoms with Crippen LogP contribution in [0.25, 0.3) is 11.0 Å². The zero-order valence-electron chi connectivity index (χ0n) is 22.5. The van der Waals surface area contributed by atoms with Crippen molar-refractivity contribution in [1.82, 2.24) is 20.3 Å². The van der Waals surface area contributed by atoms with Gasteiger partial charge in [0.05, 0.1) is 19.7 Å². The molecule has 4 aromatic rings. The Morgan fingerprint density at radius 2 is 1.82 bits per heavy atom. The summed E-state index contributed by atoms with van der Waals surface area (Å²) in [7, 11) is 3.05. The van der Waals surface area contributed by atoms with E-state index in [2.05, 4.69) is 15.6 Å². The summed E-state index contributed by atoms with van der Waals surface area (Å²) in [5.74, 6) is 1.09. The van der Waals surface area contributed by atoms with Gasteiger partial charge in [-0.1, -0.05) is 24.3 Å². The van der Waals surface area contributed by atoms with Gasteiger partial charge < -0.3 is 19.2 Å². The average molecular weight is 520 g/mol. The summed E-state index contributed by atoms with van der Waals surface area (Å²) < 4.78 is 18.3. The molecular weight excluding hydrogens is 486 g/mol. The standard InChI is InChI=1S/C28H33N5O5/c1-7-28(3,4)29-27(35)26(23-14-12-18(2)38-23)33(19-13-15-22(36-5)24(16-19)37-6)25(34)17-32-21-11-9-8-10-20(21)30-31-32/h8-16,26H,7,17H2,1-6H3,(H,29,35)/t26-/m0/s1. The van der Waals surface area contributed by atoms with E-state index < -0.39 is 17.5 Å². The lowest BCUT2D eigenvalue weighted by Crippen LogP contribution is -2.51. The summed E-state index contributed by atoms with van der Waals surface area (Å²) in [5.41, 5.74) is 1.29. The molecule has 0 fully saturated rings. The molecule has 0 bridgehead atoms. The first-order valence-electron chi connectivity index (χ1n) is 12.4. The van der Waals surface area contributed by atoms with Crippen LogP contribution in [0.2, 0.25) is 0 Å². The summed E-state index contributed by atoms with van der Waals surface area (Å²) >= 11 is 0. The van der Waals surface area contributed by atoms with E-state index in [0.717, 1.165) is 0 Å². The highest BCUT2D eigenvalue weighted by molar-refractivity contribution is 6.01. The first-order chi connectivity index (χ1) is 18.2. The number of benzene rings is 2. The maximum Gasteiger partial charge on any atom is 0.251 e. The zero-order valence-corrected chi connectivity index (χ0v) is 22.5. The summed E-state index contributed by atoms with van der Waals surface area (Å²) in [4.78, 5) is 29.4. The minimum absolute atomic E-state index is 0.157. The van der Waals surface area contributed by atoms with Crippen LogP contribution in [0, 0.1) is 6.92 Å². The minimum Gasteiger partial charge on any atom is -0.493 e. The molecule has 4 rings (SSSR count). The quantitative estimate of drug-likeness (QED) is 0.330. The van der Waals surface area contributed by atoms with Crippen molar-refractivity contribution >= 4 is 28.5 Å². The maximum atomic E-state index is 14.1. The molecule has 2 heterocycles. The van der Waals surface area contributed by atoms with Gasteiger partial charge in [0.1, 0.15) is 23.6 Å². The second-order valence-corrected chi connectivity index (χ2v) is 9.62. The fraction of sp³-hybridized carbons (Fsp3) is 0.357. The summed E-state index contributed by atoms with van der Waals surface area (Å²) in [6.07, 6.45) is 0.692. The summed E-state index contributed by atoms with van der Waals surface area (Å²) in [5, 5.41) is 11.4. The number of carbonyl (C=O) groups excluding carboxylic acids is 2. The molecule has 38 heavy (non-hydrogen) atoms. The molecule has 0 radical (unpaired) electrons. The smallest absolute Gasteiger partial charge is 0.251 e. The number of amides is 2.